The highest BCUT2D eigenvalue weighted by Crippen LogP contribution is 2.35. The van der Waals surface area contributed by atoms with Crippen molar-refractivity contribution in [2.75, 3.05) is 22.0 Å². The van der Waals surface area contributed by atoms with E-state index in [1.165, 1.54) is 33.7 Å². The zero-order chi connectivity index (χ0) is 17.5. The first-order chi connectivity index (χ1) is 11.3. The van der Waals surface area contributed by atoms with Crippen LogP contribution in [-0.4, -0.2) is 42.4 Å². The van der Waals surface area contributed by atoms with Crippen LogP contribution in [0.4, 0.5) is 10.8 Å². The maximum atomic E-state index is 12.4. The van der Waals surface area contributed by atoms with Crippen LogP contribution in [0.15, 0.2) is 22.5 Å². The zero-order valence-corrected chi connectivity index (χ0v) is 15.5. The number of nitrogens with zero attached hydrogens (tertiary/aromatic N) is 3. The van der Waals surface area contributed by atoms with Gasteiger partial charge in [0.2, 0.25) is 15.2 Å². The number of ketones is 1. The van der Waals surface area contributed by atoms with Crippen LogP contribution in [-0.2, 0) is 16.4 Å². The van der Waals surface area contributed by atoms with E-state index >= 15 is 0 Å². The van der Waals surface area contributed by atoms with Gasteiger partial charge < -0.3 is 5.73 Å². The van der Waals surface area contributed by atoms with Crippen molar-refractivity contribution in [1.82, 2.24) is 10.2 Å². The van der Waals surface area contributed by atoms with E-state index in [2.05, 4.69) is 10.2 Å². The summed E-state index contributed by atoms with van der Waals surface area (Å²) in [4.78, 5) is 12.4. The lowest BCUT2D eigenvalue weighted by molar-refractivity contribution is 0.102. The van der Waals surface area contributed by atoms with E-state index in [-0.39, 0.29) is 17.6 Å². The Balaban J connectivity index is 1.77. The van der Waals surface area contributed by atoms with Crippen molar-refractivity contribution in [1.29, 1.82) is 0 Å². The highest BCUT2D eigenvalue weighted by Gasteiger charge is 2.32. The molecule has 1 aromatic carbocycles. The minimum atomic E-state index is -3.32. The summed E-state index contributed by atoms with van der Waals surface area (Å²) in [6.45, 7) is 1.86. The molecule has 1 aliphatic rings. The van der Waals surface area contributed by atoms with Crippen LogP contribution >= 0.6 is 23.1 Å². The van der Waals surface area contributed by atoms with Crippen molar-refractivity contribution in [3.05, 3.63) is 29.3 Å². The molecule has 0 saturated carbocycles. The topological polar surface area (TPSA) is 106 Å². The Hall–Kier alpha value is -1.65. The fourth-order valence-electron chi connectivity index (χ4n) is 2.77. The number of nitrogens with two attached hydrogens (primary N) is 1. The maximum absolute atomic E-state index is 12.4. The zero-order valence-electron chi connectivity index (χ0n) is 13.1. The van der Waals surface area contributed by atoms with Crippen LogP contribution in [0.25, 0.3) is 0 Å². The fraction of sp³-hybridized carbons (Fsp3) is 0.357. The minimum Gasteiger partial charge on any atom is -0.374 e. The van der Waals surface area contributed by atoms with Crippen LogP contribution in [0.2, 0.25) is 0 Å². The number of rotatable bonds is 5. The summed E-state index contributed by atoms with van der Waals surface area (Å²) in [5, 5.41) is 7.95. The Bertz CT molecular complexity index is 894. The first kappa shape index (κ1) is 17.2. The highest BCUT2D eigenvalue weighted by atomic mass is 32.2. The van der Waals surface area contributed by atoms with Crippen LogP contribution in [0.1, 0.15) is 22.8 Å². The molecule has 0 radical (unpaired) electrons. The number of Topliss-reactive ketones (excluding diaryl/α,β-unsaturated/α-hetero) is 1. The van der Waals surface area contributed by atoms with Gasteiger partial charge in [0, 0.05) is 11.6 Å². The van der Waals surface area contributed by atoms with Crippen molar-refractivity contribution >= 4 is 49.7 Å². The number of nitrogen functional groups attached to an aromatic ring is 1. The van der Waals surface area contributed by atoms with Gasteiger partial charge in [-0.25, -0.2) is 8.42 Å². The van der Waals surface area contributed by atoms with Crippen molar-refractivity contribution in [2.24, 2.45) is 0 Å². The third-order valence-electron chi connectivity index (χ3n) is 3.66. The normalized spacial score (nSPS) is 17.1. The predicted molar refractivity (Wildman–Crippen MR) is 96.3 cm³/mol. The van der Waals surface area contributed by atoms with Gasteiger partial charge in [-0.2, -0.15) is 0 Å². The average molecular weight is 385 g/mol. The van der Waals surface area contributed by atoms with Crippen LogP contribution < -0.4 is 10.0 Å². The molecular formula is C14H16N4O3S3. The van der Waals surface area contributed by atoms with Crippen molar-refractivity contribution in [3.63, 3.8) is 0 Å². The lowest BCUT2D eigenvalue weighted by Crippen LogP contribution is -2.34. The number of carbonyl (C=O) groups is 1. The Labute approximate surface area is 148 Å². The predicted octanol–water partition coefficient (Wildman–Crippen LogP) is 1.81. The number of sulfonamides is 1. The lowest BCUT2D eigenvalue weighted by Gasteiger charge is -2.21. The monoisotopic (exact) mass is 384 g/mol. The molecule has 1 aromatic heterocycles. The molecule has 24 heavy (non-hydrogen) atoms. The van der Waals surface area contributed by atoms with Crippen LogP contribution in [0, 0.1) is 0 Å². The van der Waals surface area contributed by atoms with E-state index in [1.807, 2.05) is 6.92 Å². The molecule has 0 unspecified atom stereocenters. The molecule has 128 valence electrons. The molecule has 2 N–H and O–H groups in total. The molecule has 0 aliphatic carbocycles. The Morgan fingerprint density at radius 1 is 1.46 bits per heavy atom. The smallest absolute Gasteiger partial charge is 0.232 e. The van der Waals surface area contributed by atoms with E-state index < -0.39 is 10.0 Å². The average Bonchev–Trinajstić information content (AvgIpc) is 3.05. The van der Waals surface area contributed by atoms with E-state index in [9.17, 15) is 13.2 Å². The van der Waals surface area contributed by atoms with Gasteiger partial charge in [-0.1, -0.05) is 23.1 Å². The van der Waals surface area contributed by atoms with Gasteiger partial charge in [0.15, 0.2) is 10.1 Å². The van der Waals surface area contributed by atoms with Crippen LogP contribution in [0.3, 0.4) is 0 Å². The van der Waals surface area contributed by atoms with E-state index in [0.717, 1.165) is 5.56 Å². The minimum absolute atomic E-state index is 0.0398. The summed E-state index contributed by atoms with van der Waals surface area (Å²) in [5.74, 6) is 0.195. The second kappa shape index (κ2) is 6.34. The molecule has 2 aromatic rings. The van der Waals surface area contributed by atoms with Crippen molar-refractivity contribution in [2.45, 2.75) is 23.7 Å². The molecule has 1 atom stereocenters. The number of benzene rings is 1. The van der Waals surface area contributed by atoms with Crippen molar-refractivity contribution in [3.8, 4) is 0 Å². The van der Waals surface area contributed by atoms with Crippen LogP contribution in [0.5, 0.6) is 0 Å². The number of anilines is 2. The molecule has 0 fully saturated rings. The highest BCUT2D eigenvalue weighted by molar-refractivity contribution is 8.01. The maximum Gasteiger partial charge on any atom is 0.232 e. The lowest BCUT2D eigenvalue weighted by atomic mass is 10.0. The van der Waals surface area contributed by atoms with E-state index in [1.54, 1.807) is 18.2 Å². The first-order valence-corrected chi connectivity index (χ1v) is 10.8. The van der Waals surface area contributed by atoms with Gasteiger partial charge in [0.05, 0.1) is 17.7 Å². The Morgan fingerprint density at radius 2 is 2.21 bits per heavy atom. The van der Waals surface area contributed by atoms with E-state index in [4.69, 9.17) is 5.73 Å². The first-order valence-electron chi connectivity index (χ1n) is 7.13. The summed E-state index contributed by atoms with van der Waals surface area (Å²) in [5.41, 5.74) is 7.62. The van der Waals surface area contributed by atoms with Gasteiger partial charge in [-0.15, -0.1) is 10.2 Å². The largest absolute Gasteiger partial charge is 0.374 e. The third kappa shape index (κ3) is 3.40. The second-order valence-corrected chi connectivity index (χ2v) is 9.66. The SMILES string of the molecule is C[C@H]1Cc2cc(C(=O)CSc3nnc(N)s3)ccc2N1S(C)(=O)=O. The number of hydrogen-bond donors (Lipinski definition) is 1. The summed E-state index contributed by atoms with van der Waals surface area (Å²) in [6.07, 6.45) is 1.80. The molecule has 7 nitrogen and oxygen atoms in total. The number of aromatic nitrogens is 2. The standard InChI is InChI=1S/C14H16N4O3S3/c1-8-5-10-6-9(3-4-11(10)18(8)24(2,20)21)12(19)7-22-14-17-16-13(15)23-14/h3-4,6,8H,5,7H2,1-2H3,(H2,15,16)/t8-/m0/s1. The van der Waals surface area contributed by atoms with Gasteiger partial charge in [0.1, 0.15) is 0 Å². The molecule has 0 amide bonds. The summed E-state index contributed by atoms with van der Waals surface area (Å²) in [6, 6.07) is 5.03. The number of hydrogen-bond acceptors (Lipinski definition) is 8. The Morgan fingerprint density at radius 3 is 2.83 bits per heavy atom. The van der Waals surface area contributed by atoms with Gasteiger partial charge in [0.25, 0.3) is 0 Å². The molecule has 0 saturated heterocycles. The summed E-state index contributed by atoms with van der Waals surface area (Å²) < 4.78 is 25.9. The Kier molecular flexibility index (Phi) is 4.54. The molecule has 2 heterocycles. The van der Waals surface area contributed by atoms with Gasteiger partial charge in [-0.05, 0) is 37.1 Å². The number of fused-ring (bicyclic) bond motifs is 1. The number of thioether (sulfide) groups is 1. The van der Waals surface area contributed by atoms with Gasteiger partial charge in [-0.3, -0.25) is 9.10 Å². The molecule has 0 spiro atoms. The fourth-order valence-corrected chi connectivity index (χ4v) is 5.57. The van der Waals surface area contributed by atoms with Crippen molar-refractivity contribution < 1.29 is 13.2 Å². The third-order valence-corrected chi connectivity index (χ3v) is 6.82. The van der Waals surface area contributed by atoms with E-state index in [0.29, 0.717) is 27.1 Å². The molecule has 1 aliphatic heterocycles. The molecule has 0 bridgehead atoms. The molecular weight excluding hydrogens is 368 g/mol. The molecule has 10 heteroatoms. The quantitative estimate of drug-likeness (QED) is 0.619. The second-order valence-electron chi connectivity index (χ2n) is 5.57. The van der Waals surface area contributed by atoms with Gasteiger partial charge >= 0.3 is 0 Å². The molecule has 3 rings (SSSR count). The summed E-state index contributed by atoms with van der Waals surface area (Å²) in [7, 11) is -3.32. The number of carbonyl (C=O) groups excluding carboxylic acids is 1. The summed E-state index contributed by atoms with van der Waals surface area (Å²) >= 11 is 2.53.